The van der Waals surface area contributed by atoms with Crippen LogP contribution in [0.1, 0.15) is 29.0 Å². The summed E-state index contributed by atoms with van der Waals surface area (Å²) in [5, 5.41) is 30.2. The van der Waals surface area contributed by atoms with Gasteiger partial charge in [-0.1, -0.05) is 11.3 Å². The zero-order valence-electron chi connectivity index (χ0n) is 13.2. The van der Waals surface area contributed by atoms with Crippen LogP contribution in [0.15, 0.2) is 24.3 Å². The molecule has 1 saturated carbocycles. The molecule has 1 aliphatic carbocycles. The van der Waals surface area contributed by atoms with Gasteiger partial charge in [0, 0.05) is 18.2 Å². The van der Waals surface area contributed by atoms with Crippen LogP contribution in [0, 0.1) is 23.0 Å². The molecule has 1 heterocycles. The Morgan fingerprint density at radius 1 is 1.40 bits per heavy atom. The Bertz CT molecular complexity index is 856. The van der Waals surface area contributed by atoms with E-state index in [1.54, 1.807) is 13.0 Å². The summed E-state index contributed by atoms with van der Waals surface area (Å²) in [5.41, 5.74) is 0.873. The van der Waals surface area contributed by atoms with Gasteiger partial charge in [0.05, 0.1) is 22.2 Å². The van der Waals surface area contributed by atoms with E-state index < -0.39 is 22.7 Å². The fraction of sp³-hybridized carbons (Fsp3) is 0.333. The number of benzene rings is 1. The molecule has 25 heavy (non-hydrogen) atoms. The molecule has 0 spiro atoms. The molecule has 3 rings (SSSR count). The van der Waals surface area contributed by atoms with Crippen LogP contribution in [0.3, 0.4) is 0 Å². The molecule has 0 atom stereocenters. The number of nitro groups is 1. The minimum absolute atomic E-state index is 0.0902. The second-order valence-electron chi connectivity index (χ2n) is 5.89. The molecular weight excluding hydrogens is 330 g/mol. The summed E-state index contributed by atoms with van der Waals surface area (Å²) in [7, 11) is 0. The van der Waals surface area contributed by atoms with Crippen LogP contribution < -0.4 is 5.32 Å². The lowest BCUT2D eigenvalue weighted by Crippen LogP contribution is -2.46. The summed E-state index contributed by atoms with van der Waals surface area (Å²) in [6.45, 7) is 1.63. The number of non-ortho nitro benzene ring substituents is 1. The van der Waals surface area contributed by atoms with Gasteiger partial charge in [0.1, 0.15) is 0 Å². The maximum absolute atomic E-state index is 12.3. The monoisotopic (exact) mass is 345 g/mol. The van der Waals surface area contributed by atoms with Crippen LogP contribution in [0.25, 0.3) is 5.69 Å². The summed E-state index contributed by atoms with van der Waals surface area (Å²) in [6.07, 6.45) is 0.776. The van der Waals surface area contributed by atoms with Gasteiger partial charge in [-0.2, -0.15) is 0 Å². The average Bonchev–Trinajstić information content (AvgIpc) is 2.91. The van der Waals surface area contributed by atoms with Crippen molar-refractivity contribution in [2.24, 2.45) is 5.92 Å². The number of carbonyl (C=O) groups excluding carboxylic acids is 1. The Morgan fingerprint density at radius 3 is 2.76 bits per heavy atom. The number of carboxylic acid groups (broad SMARTS) is 1. The zero-order chi connectivity index (χ0) is 18.1. The predicted octanol–water partition coefficient (Wildman–Crippen LogP) is 1.08. The lowest BCUT2D eigenvalue weighted by Gasteiger charge is -2.32. The van der Waals surface area contributed by atoms with Gasteiger partial charge in [0.2, 0.25) is 0 Å². The molecule has 0 unspecified atom stereocenters. The van der Waals surface area contributed by atoms with E-state index in [0.29, 0.717) is 24.2 Å². The number of nitrogens with one attached hydrogen (secondary N) is 1. The molecule has 0 bridgehead atoms. The highest BCUT2D eigenvalue weighted by molar-refractivity contribution is 5.93. The number of rotatable bonds is 5. The number of hydrogen-bond donors (Lipinski definition) is 2. The first kappa shape index (κ1) is 16.6. The summed E-state index contributed by atoms with van der Waals surface area (Å²) in [6, 6.07) is 5.65. The molecule has 10 nitrogen and oxygen atoms in total. The third-order valence-electron chi connectivity index (χ3n) is 4.22. The van der Waals surface area contributed by atoms with Crippen molar-refractivity contribution in [3.8, 4) is 5.69 Å². The van der Waals surface area contributed by atoms with E-state index in [1.165, 1.54) is 22.9 Å². The van der Waals surface area contributed by atoms with Crippen molar-refractivity contribution in [2.45, 2.75) is 25.8 Å². The van der Waals surface area contributed by atoms with Crippen LogP contribution in [0.5, 0.6) is 0 Å². The van der Waals surface area contributed by atoms with Crippen LogP contribution in [0.2, 0.25) is 0 Å². The fourth-order valence-electron chi connectivity index (χ4n) is 2.71. The standard InChI is InChI=1S/C15H15N5O5/c1-8-13(14(21)16-10-5-9(6-10)15(22)23)17-18-19(8)11-3-2-4-12(7-11)20(24)25/h2-4,7,9-10H,5-6H2,1H3,(H,16,21)(H,22,23). The lowest BCUT2D eigenvalue weighted by molar-refractivity contribution is -0.384. The molecule has 2 N–H and O–H groups in total. The Hall–Kier alpha value is -3.30. The number of amides is 1. The SMILES string of the molecule is Cc1c(C(=O)NC2CC(C(=O)O)C2)nnn1-c1cccc([N+](=O)[O-])c1. The predicted molar refractivity (Wildman–Crippen MR) is 84.4 cm³/mol. The first-order valence-corrected chi connectivity index (χ1v) is 7.57. The number of carbonyl (C=O) groups is 2. The van der Waals surface area contributed by atoms with Gasteiger partial charge in [-0.25, -0.2) is 4.68 Å². The van der Waals surface area contributed by atoms with Crippen molar-refractivity contribution in [3.63, 3.8) is 0 Å². The zero-order valence-corrected chi connectivity index (χ0v) is 13.2. The van der Waals surface area contributed by atoms with Crippen LogP contribution >= 0.6 is 0 Å². The number of hydrogen-bond acceptors (Lipinski definition) is 6. The molecule has 1 fully saturated rings. The van der Waals surface area contributed by atoms with E-state index in [0.717, 1.165) is 0 Å². The highest BCUT2D eigenvalue weighted by atomic mass is 16.6. The van der Waals surface area contributed by atoms with Gasteiger partial charge < -0.3 is 10.4 Å². The number of nitro benzene ring substituents is 1. The smallest absolute Gasteiger partial charge is 0.306 e. The summed E-state index contributed by atoms with van der Waals surface area (Å²) in [4.78, 5) is 33.4. The molecular formula is C15H15N5O5. The van der Waals surface area contributed by atoms with E-state index >= 15 is 0 Å². The van der Waals surface area contributed by atoms with E-state index in [9.17, 15) is 19.7 Å². The highest BCUT2D eigenvalue weighted by Gasteiger charge is 2.36. The second-order valence-corrected chi connectivity index (χ2v) is 5.89. The van der Waals surface area contributed by atoms with Crippen LogP contribution in [-0.2, 0) is 4.79 Å². The summed E-state index contributed by atoms with van der Waals surface area (Å²) < 4.78 is 1.35. The van der Waals surface area contributed by atoms with Gasteiger partial charge in [0.25, 0.3) is 11.6 Å². The van der Waals surface area contributed by atoms with Crippen molar-refractivity contribution in [2.75, 3.05) is 0 Å². The maximum atomic E-state index is 12.3. The van der Waals surface area contributed by atoms with Crippen molar-refractivity contribution in [3.05, 3.63) is 45.8 Å². The Balaban J connectivity index is 1.75. The van der Waals surface area contributed by atoms with E-state index in [1.807, 2.05) is 0 Å². The number of carboxylic acids is 1. The first-order chi connectivity index (χ1) is 11.9. The van der Waals surface area contributed by atoms with Crippen molar-refractivity contribution in [1.82, 2.24) is 20.3 Å². The third kappa shape index (κ3) is 3.18. The normalized spacial score (nSPS) is 19.1. The van der Waals surface area contributed by atoms with E-state index in [2.05, 4.69) is 15.6 Å². The Labute approximate surface area is 141 Å². The van der Waals surface area contributed by atoms with Crippen molar-refractivity contribution < 1.29 is 19.6 Å². The molecule has 1 aromatic carbocycles. The second kappa shape index (κ2) is 6.30. The molecule has 1 aromatic heterocycles. The largest absolute Gasteiger partial charge is 0.481 e. The molecule has 0 saturated heterocycles. The highest BCUT2D eigenvalue weighted by Crippen LogP contribution is 2.27. The summed E-state index contributed by atoms with van der Waals surface area (Å²) >= 11 is 0. The molecule has 1 aliphatic rings. The molecule has 2 aromatic rings. The van der Waals surface area contributed by atoms with Crippen LogP contribution in [-0.4, -0.2) is 42.9 Å². The minimum atomic E-state index is -0.863. The Morgan fingerprint density at radius 2 is 2.12 bits per heavy atom. The van der Waals surface area contributed by atoms with Gasteiger partial charge in [-0.3, -0.25) is 19.7 Å². The number of aromatic nitrogens is 3. The first-order valence-electron chi connectivity index (χ1n) is 7.57. The van der Waals surface area contributed by atoms with E-state index in [4.69, 9.17) is 5.11 Å². The lowest BCUT2D eigenvalue weighted by atomic mass is 9.80. The quantitative estimate of drug-likeness (QED) is 0.610. The molecule has 10 heteroatoms. The van der Waals surface area contributed by atoms with Gasteiger partial charge >= 0.3 is 5.97 Å². The molecule has 0 radical (unpaired) electrons. The van der Waals surface area contributed by atoms with E-state index in [-0.39, 0.29) is 17.4 Å². The fourth-order valence-corrected chi connectivity index (χ4v) is 2.71. The topological polar surface area (TPSA) is 140 Å². The third-order valence-corrected chi connectivity index (χ3v) is 4.22. The van der Waals surface area contributed by atoms with Crippen LogP contribution in [0.4, 0.5) is 5.69 Å². The summed E-state index contributed by atoms with van der Waals surface area (Å²) in [5.74, 6) is -1.73. The number of aliphatic carboxylic acids is 1. The van der Waals surface area contributed by atoms with Gasteiger partial charge in [-0.05, 0) is 25.8 Å². The maximum Gasteiger partial charge on any atom is 0.306 e. The minimum Gasteiger partial charge on any atom is -0.481 e. The van der Waals surface area contributed by atoms with Crippen molar-refractivity contribution >= 4 is 17.6 Å². The van der Waals surface area contributed by atoms with Gasteiger partial charge in [0.15, 0.2) is 5.69 Å². The molecule has 0 aliphatic heterocycles. The number of nitrogens with zero attached hydrogens (tertiary/aromatic N) is 4. The average molecular weight is 345 g/mol. The van der Waals surface area contributed by atoms with Crippen molar-refractivity contribution in [1.29, 1.82) is 0 Å². The van der Waals surface area contributed by atoms with Gasteiger partial charge in [-0.15, -0.1) is 5.10 Å². The molecule has 130 valence electrons. The molecule has 1 amide bonds. The Kier molecular flexibility index (Phi) is 4.17.